The zero-order valence-corrected chi connectivity index (χ0v) is 20.5. The molecule has 0 bridgehead atoms. The van der Waals surface area contributed by atoms with Crippen molar-refractivity contribution in [3.63, 3.8) is 0 Å². The molecule has 1 aliphatic heterocycles. The molecule has 5 heteroatoms. The largest absolute Gasteiger partial charge is 0.497 e. The summed E-state index contributed by atoms with van der Waals surface area (Å²) in [5.74, 6) is 2.62. The Morgan fingerprint density at radius 3 is 2.03 bits per heavy atom. The molecule has 0 amide bonds. The third kappa shape index (κ3) is 5.73. The second-order valence-electron chi connectivity index (χ2n) is 8.60. The highest BCUT2D eigenvalue weighted by atomic mass is 16.5. The maximum absolute atomic E-state index is 9.86. The van der Waals surface area contributed by atoms with Crippen molar-refractivity contribution in [2.45, 2.75) is 13.0 Å². The number of hydrogen-bond acceptors (Lipinski definition) is 5. The lowest BCUT2D eigenvalue weighted by atomic mass is 9.93. The van der Waals surface area contributed by atoms with Crippen LogP contribution in [0.15, 0.2) is 126 Å². The summed E-state index contributed by atoms with van der Waals surface area (Å²) in [6, 6.07) is 35.7. The fourth-order valence-electron chi connectivity index (χ4n) is 4.13. The van der Waals surface area contributed by atoms with Gasteiger partial charge in [-0.1, -0.05) is 90.1 Å². The van der Waals surface area contributed by atoms with Gasteiger partial charge in [0.05, 0.1) is 7.11 Å². The van der Waals surface area contributed by atoms with Crippen molar-refractivity contribution in [2.24, 2.45) is 5.16 Å². The van der Waals surface area contributed by atoms with E-state index in [2.05, 4.69) is 17.3 Å². The van der Waals surface area contributed by atoms with E-state index in [1.807, 2.05) is 103 Å². The minimum atomic E-state index is 0.422. The van der Waals surface area contributed by atoms with E-state index in [1.54, 1.807) is 7.11 Å². The van der Waals surface area contributed by atoms with Gasteiger partial charge in [-0.05, 0) is 52.6 Å². The molecule has 0 spiro atoms. The van der Waals surface area contributed by atoms with Crippen LogP contribution in [0.4, 0.5) is 0 Å². The van der Waals surface area contributed by atoms with Crippen molar-refractivity contribution in [1.82, 2.24) is 0 Å². The summed E-state index contributed by atoms with van der Waals surface area (Å²) in [5.41, 5.74) is 5.48. The molecule has 1 fully saturated rings. The Morgan fingerprint density at radius 2 is 1.41 bits per heavy atom. The molecule has 1 heterocycles. The highest BCUT2D eigenvalue weighted by molar-refractivity contribution is 6.20. The highest BCUT2D eigenvalue weighted by Gasteiger charge is 2.33. The van der Waals surface area contributed by atoms with Gasteiger partial charge < -0.3 is 19.4 Å². The second kappa shape index (κ2) is 11.3. The normalized spacial score (nSPS) is 16.1. The molecule has 0 unspecified atom stereocenters. The quantitative estimate of drug-likeness (QED) is 0.211. The summed E-state index contributed by atoms with van der Waals surface area (Å²) in [6.07, 6.45) is 2.47. The lowest BCUT2D eigenvalue weighted by Crippen LogP contribution is -2.25. The van der Waals surface area contributed by atoms with Crippen LogP contribution in [-0.2, 0) is 17.8 Å². The molecular formula is C32H27NO4. The van der Waals surface area contributed by atoms with E-state index in [0.29, 0.717) is 30.3 Å². The molecule has 37 heavy (non-hydrogen) atoms. The predicted molar refractivity (Wildman–Crippen MR) is 146 cm³/mol. The van der Waals surface area contributed by atoms with E-state index in [4.69, 9.17) is 14.2 Å². The summed E-state index contributed by atoms with van der Waals surface area (Å²) in [6.45, 7) is 0.502. The van der Waals surface area contributed by atoms with Crippen molar-refractivity contribution in [3.8, 4) is 11.5 Å². The van der Waals surface area contributed by atoms with Gasteiger partial charge in [-0.25, -0.2) is 0 Å². The number of allylic oxidation sites excluding steroid dienone is 1. The Bertz CT molecular complexity index is 1420. The van der Waals surface area contributed by atoms with Gasteiger partial charge in [0.15, 0.2) is 17.2 Å². The van der Waals surface area contributed by atoms with E-state index in [-0.39, 0.29) is 0 Å². The zero-order valence-electron chi connectivity index (χ0n) is 20.5. The average molecular weight is 490 g/mol. The number of oxime groups is 1. The summed E-state index contributed by atoms with van der Waals surface area (Å²) in [5, 5.41) is 13.4. The fraction of sp³-hybridized carbons (Fsp3) is 0.0938. The Hall–Kier alpha value is -4.77. The second-order valence-corrected chi connectivity index (χ2v) is 8.60. The van der Waals surface area contributed by atoms with Crippen molar-refractivity contribution >= 4 is 17.4 Å². The molecule has 184 valence electrons. The van der Waals surface area contributed by atoms with Crippen LogP contribution in [0.25, 0.3) is 11.6 Å². The Kier molecular flexibility index (Phi) is 7.32. The number of rotatable bonds is 8. The highest BCUT2D eigenvalue weighted by Crippen LogP contribution is 2.36. The summed E-state index contributed by atoms with van der Waals surface area (Å²) in [4.78, 5) is 0. The number of benzene rings is 4. The summed E-state index contributed by atoms with van der Waals surface area (Å²) in [7, 11) is 1.63. The molecule has 0 radical (unpaired) electrons. The van der Waals surface area contributed by atoms with Crippen LogP contribution in [-0.4, -0.2) is 18.0 Å². The number of hydrogen-bond donors (Lipinski definition) is 1. The number of nitrogens with zero attached hydrogens (tertiary/aromatic N) is 1. The molecule has 0 aromatic heterocycles. The van der Waals surface area contributed by atoms with Gasteiger partial charge in [0, 0.05) is 12.0 Å². The number of ether oxygens (including phenoxy) is 3. The molecule has 5 nitrogen and oxygen atoms in total. The third-order valence-corrected chi connectivity index (χ3v) is 6.12. The fourth-order valence-corrected chi connectivity index (χ4v) is 4.13. The van der Waals surface area contributed by atoms with Crippen LogP contribution in [0.2, 0.25) is 0 Å². The van der Waals surface area contributed by atoms with E-state index in [1.165, 1.54) is 0 Å². The van der Waals surface area contributed by atoms with Gasteiger partial charge in [0.2, 0.25) is 0 Å². The first-order valence-corrected chi connectivity index (χ1v) is 12.0. The van der Waals surface area contributed by atoms with Crippen LogP contribution < -0.4 is 9.47 Å². The maximum Gasteiger partial charge on any atom is 0.187 e. The topological polar surface area (TPSA) is 60.3 Å². The predicted octanol–water partition coefficient (Wildman–Crippen LogP) is 7.13. The van der Waals surface area contributed by atoms with E-state index >= 15 is 0 Å². The van der Waals surface area contributed by atoms with Crippen molar-refractivity contribution in [3.05, 3.63) is 143 Å². The molecule has 4 aromatic rings. The molecule has 0 atom stereocenters. The Balaban J connectivity index is 1.41. The van der Waals surface area contributed by atoms with Crippen LogP contribution in [0, 0.1) is 0 Å². The van der Waals surface area contributed by atoms with Gasteiger partial charge in [-0.15, -0.1) is 0 Å². The molecule has 0 saturated carbocycles. The Morgan fingerprint density at radius 1 is 0.784 bits per heavy atom. The molecule has 4 aromatic carbocycles. The van der Waals surface area contributed by atoms with Gasteiger partial charge in [-0.2, -0.15) is 0 Å². The standard InChI is InChI=1S/C32H27NO4/c1-35-27-16-12-24(13-17-27)21-30-31(33-34)32(37-30)29(20-23-8-4-2-5-9-23)26-14-18-28(19-15-26)36-22-25-10-6-3-7-11-25/h2-19,21,34H,20,22H2,1H3/b30-21-,32-29-,33-31+. The van der Waals surface area contributed by atoms with Crippen LogP contribution >= 0.6 is 0 Å². The van der Waals surface area contributed by atoms with Gasteiger partial charge in [0.25, 0.3) is 0 Å². The van der Waals surface area contributed by atoms with E-state index in [0.717, 1.165) is 39.3 Å². The smallest absolute Gasteiger partial charge is 0.187 e. The third-order valence-electron chi connectivity index (χ3n) is 6.12. The lowest BCUT2D eigenvalue weighted by molar-refractivity contribution is 0.276. The average Bonchev–Trinajstić information content (AvgIpc) is 2.95. The maximum atomic E-state index is 9.86. The van der Waals surface area contributed by atoms with Crippen LogP contribution in [0.5, 0.6) is 11.5 Å². The molecule has 1 N–H and O–H groups in total. The van der Waals surface area contributed by atoms with Crippen LogP contribution in [0.3, 0.4) is 0 Å². The molecule has 5 rings (SSSR count). The van der Waals surface area contributed by atoms with E-state index < -0.39 is 0 Å². The van der Waals surface area contributed by atoms with Gasteiger partial charge in [0.1, 0.15) is 18.1 Å². The first-order chi connectivity index (χ1) is 18.2. The van der Waals surface area contributed by atoms with Crippen LogP contribution in [0.1, 0.15) is 22.3 Å². The van der Waals surface area contributed by atoms with Crippen molar-refractivity contribution in [1.29, 1.82) is 0 Å². The molecular weight excluding hydrogens is 462 g/mol. The zero-order chi connectivity index (χ0) is 25.5. The minimum Gasteiger partial charge on any atom is -0.497 e. The van der Waals surface area contributed by atoms with E-state index in [9.17, 15) is 5.21 Å². The Labute approximate surface area is 216 Å². The number of methoxy groups -OCH3 is 1. The summed E-state index contributed by atoms with van der Waals surface area (Å²) < 4.78 is 17.3. The monoisotopic (exact) mass is 489 g/mol. The SMILES string of the molecule is COc1ccc(\C=C2/OC(=C(/Cc3ccccc3)c3ccc(OCc4ccccc4)cc3)/C2=N/O)cc1. The lowest BCUT2D eigenvalue weighted by Gasteiger charge is -2.27. The van der Waals surface area contributed by atoms with Gasteiger partial charge in [-0.3, -0.25) is 0 Å². The van der Waals surface area contributed by atoms with Crippen molar-refractivity contribution < 1.29 is 19.4 Å². The van der Waals surface area contributed by atoms with Crippen molar-refractivity contribution in [2.75, 3.05) is 7.11 Å². The minimum absolute atomic E-state index is 0.422. The molecule has 0 aliphatic carbocycles. The first kappa shape index (κ1) is 23.9. The van der Waals surface area contributed by atoms with Gasteiger partial charge >= 0.3 is 0 Å². The summed E-state index contributed by atoms with van der Waals surface area (Å²) >= 11 is 0. The molecule has 1 aliphatic rings. The molecule has 1 saturated heterocycles. The first-order valence-electron chi connectivity index (χ1n) is 12.0.